The number of hydrogen-bond acceptors (Lipinski definition) is 2. The van der Waals surface area contributed by atoms with Crippen LogP contribution in [0.3, 0.4) is 0 Å². The van der Waals surface area contributed by atoms with E-state index in [1.54, 1.807) is 7.11 Å². The minimum absolute atomic E-state index is 0.197. The summed E-state index contributed by atoms with van der Waals surface area (Å²) in [6.45, 7) is 0. The summed E-state index contributed by atoms with van der Waals surface area (Å²) < 4.78 is 5.52. The molecule has 3 aromatic rings. The van der Waals surface area contributed by atoms with Crippen LogP contribution >= 0.6 is 0 Å². The molecule has 0 amide bonds. The minimum Gasteiger partial charge on any atom is -0.496 e. The Balaban J connectivity index is 2.23. The summed E-state index contributed by atoms with van der Waals surface area (Å²) in [5, 5.41) is 2.32. The lowest BCUT2D eigenvalue weighted by atomic mass is 9.93. The van der Waals surface area contributed by atoms with Crippen LogP contribution in [0.4, 0.5) is 0 Å². The van der Waals surface area contributed by atoms with Crippen molar-refractivity contribution in [2.45, 2.75) is 6.04 Å². The van der Waals surface area contributed by atoms with E-state index in [0.29, 0.717) is 0 Å². The molecular weight excluding hydrogens is 246 g/mol. The van der Waals surface area contributed by atoms with Crippen LogP contribution in [0.25, 0.3) is 10.8 Å². The van der Waals surface area contributed by atoms with Crippen LogP contribution in [0.5, 0.6) is 5.75 Å². The standard InChI is InChI=1S/C18H17NO/c1-20-16-12-11-13-7-5-6-10-15(13)17(16)18(19)14-8-3-2-4-9-14/h2-12,18H,19H2,1H3. The van der Waals surface area contributed by atoms with Crippen molar-refractivity contribution < 1.29 is 4.74 Å². The molecule has 0 bridgehead atoms. The third-order valence-electron chi connectivity index (χ3n) is 3.62. The molecule has 2 N–H and O–H groups in total. The molecule has 2 heteroatoms. The maximum Gasteiger partial charge on any atom is 0.124 e. The molecule has 0 fully saturated rings. The lowest BCUT2D eigenvalue weighted by molar-refractivity contribution is 0.409. The fourth-order valence-corrected chi connectivity index (χ4v) is 2.60. The number of rotatable bonds is 3. The van der Waals surface area contributed by atoms with Gasteiger partial charge in [0.2, 0.25) is 0 Å². The third kappa shape index (κ3) is 2.15. The van der Waals surface area contributed by atoms with E-state index in [9.17, 15) is 0 Å². The maximum absolute atomic E-state index is 6.48. The topological polar surface area (TPSA) is 35.2 Å². The van der Waals surface area contributed by atoms with Crippen LogP contribution in [0, 0.1) is 0 Å². The van der Waals surface area contributed by atoms with Gasteiger partial charge in [0.1, 0.15) is 5.75 Å². The number of ether oxygens (including phenoxy) is 1. The molecule has 0 saturated carbocycles. The molecule has 0 aliphatic heterocycles. The number of nitrogens with two attached hydrogens (primary N) is 1. The zero-order chi connectivity index (χ0) is 13.9. The molecule has 20 heavy (non-hydrogen) atoms. The number of hydrogen-bond donors (Lipinski definition) is 1. The second kappa shape index (κ2) is 5.35. The van der Waals surface area contributed by atoms with Crippen molar-refractivity contribution in [3.05, 3.63) is 77.9 Å². The lowest BCUT2D eigenvalue weighted by Crippen LogP contribution is -2.13. The summed E-state index contributed by atoms with van der Waals surface area (Å²) in [6, 6.07) is 22.2. The van der Waals surface area contributed by atoms with Gasteiger partial charge < -0.3 is 10.5 Å². The first-order valence-electron chi connectivity index (χ1n) is 6.67. The normalized spacial score (nSPS) is 12.3. The monoisotopic (exact) mass is 263 g/mol. The Morgan fingerprint density at radius 2 is 1.55 bits per heavy atom. The molecular formula is C18H17NO. The Bertz CT molecular complexity index is 722. The average molecular weight is 263 g/mol. The fraction of sp³-hybridized carbons (Fsp3) is 0.111. The van der Waals surface area contributed by atoms with Gasteiger partial charge in [-0.25, -0.2) is 0 Å². The van der Waals surface area contributed by atoms with Crippen molar-refractivity contribution in [2.75, 3.05) is 7.11 Å². The summed E-state index contributed by atoms with van der Waals surface area (Å²) in [5.41, 5.74) is 8.60. The Kier molecular flexibility index (Phi) is 3.40. The first-order chi connectivity index (χ1) is 9.81. The molecule has 0 heterocycles. The largest absolute Gasteiger partial charge is 0.496 e. The van der Waals surface area contributed by atoms with Gasteiger partial charge in [-0.05, 0) is 22.4 Å². The van der Waals surface area contributed by atoms with Gasteiger partial charge in [-0.3, -0.25) is 0 Å². The summed E-state index contributed by atoms with van der Waals surface area (Å²) in [4.78, 5) is 0. The third-order valence-corrected chi connectivity index (χ3v) is 3.62. The molecule has 3 rings (SSSR count). The molecule has 100 valence electrons. The summed E-state index contributed by atoms with van der Waals surface area (Å²) >= 11 is 0. The molecule has 1 unspecified atom stereocenters. The quantitative estimate of drug-likeness (QED) is 0.778. The van der Waals surface area contributed by atoms with Crippen molar-refractivity contribution in [1.82, 2.24) is 0 Å². The maximum atomic E-state index is 6.48. The Morgan fingerprint density at radius 1 is 0.850 bits per heavy atom. The lowest BCUT2D eigenvalue weighted by Gasteiger charge is -2.18. The van der Waals surface area contributed by atoms with Gasteiger partial charge in [-0.15, -0.1) is 0 Å². The van der Waals surface area contributed by atoms with Crippen LogP contribution in [0.1, 0.15) is 17.2 Å². The van der Waals surface area contributed by atoms with Crippen molar-refractivity contribution in [1.29, 1.82) is 0 Å². The Morgan fingerprint density at radius 3 is 2.30 bits per heavy atom. The molecule has 0 radical (unpaired) electrons. The molecule has 0 aliphatic rings. The Hall–Kier alpha value is -2.32. The summed E-state index contributed by atoms with van der Waals surface area (Å²) in [5.74, 6) is 0.833. The van der Waals surface area contributed by atoms with Gasteiger partial charge in [0.15, 0.2) is 0 Å². The van der Waals surface area contributed by atoms with Gasteiger partial charge in [0, 0.05) is 5.56 Å². The van der Waals surface area contributed by atoms with Gasteiger partial charge >= 0.3 is 0 Å². The summed E-state index contributed by atoms with van der Waals surface area (Å²) in [7, 11) is 1.69. The predicted octanol–water partition coefficient (Wildman–Crippen LogP) is 3.90. The number of fused-ring (bicyclic) bond motifs is 1. The highest BCUT2D eigenvalue weighted by Gasteiger charge is 2.17. The van der Waals surface area contributed by atoms with E-state index >= 15 is 0 Å². The highest BCUT2D eigenvalue weighted by Crippen LogP contribution is 2.34. The van der Waals surface area contributed by atoms with E-state index in [1.807, 2.05) is 48.5 Å². The molecule has 1 atom stereocenters. The van der Waals surface area contributed by atoms with Crippen LogP contribution in [0.2, 0.25) is 0 Å². The van der Waals surface area contributed by atoms with Crippen LogP contribution in [0.15, 0.2) is 66.7 Å². The predicted molar refractivity (Wildman–Crippen MR) is 83.0 cm³/mol. The number of methoxy groups -OCH3 is 1. The second-order valence-electron chi connectivity index (χ2n) is 4.79. The van der Waals surface area contributed by atoms with Crippen molar-refractivity contribution in [3.8, 4) is 5.75 Å². The molecule has 0 aliphatic carbocycles. The van der Waals surface area contributed by atoms with E-state index in [2.05, 4.69) is 18.2 Å². The number of benzene rings is 3. The summed E-state index contributed by atoms with van der Waals surface area (Å²) in [6.07, 6.45) is 0. The average Bonchev–Trinajstić information content (AvgIpc) is 2.54. The van der Waals surface area contributed by atoms with E-state index in [1.165, 1.54) is 5.39 Å². The van der Waals surface area contributed by atoms with Crippen LogP contribution in [-0.2, 0) is 0 Å². The zero-order valence-electron chi connectivity index (χ0n) is 11.4. The first kappa shape index (κ1) is 12.7. The van der Waals surface area contributed by atoms with Crippen molar-refractivity contribution in [2.24, 2.45) is 5.73 Å². The molecule has 0 saturated heterocycles. The highest BCUT2D eigenvalue weighted by molar-refractivity contribution is 5.88. The van der Waals surface area contributed by atoms with Gasteiger partial charge in [0.05, 0.1) is 13.2 Å². The van der Waals surface area contributed by atoms with Gasteiger partial charge in [-0.1, -0.05) is 60.7 Å². The van der Waals surface area contributed by atoms with E-state index in [0.717, 1.165) is 22.3 Å². The van der Waals surface area contributed by atoms with E-state index in [-0.39, 0.29) is 6.04 Å². The van der Waals surface area contributed by atoms with E-state index < -0.39 is 0 Å². The fourth-order valence-electron chi connectivity index (χ4n) is 2.60. The van der Waals surface area contributed by atoms with Crippen molar-refractivity contribution >= 4 is 10.8 Å². The Labute approximate surface area is 118 Å². The van der Waals surface area contributed by atoms with Crippen molar-refractivity contribution in [3.63, 3.8) is 0 Å². The van der Waals surface area contributed by atoms with Gasteiger partial charge in [0.25, 0.3) is 0 Å². The zero-order valence-corrected chi connectivity index (χ0v) is 11.4. The molecule has 2 nitrogen and oxygen atoms in total. The van der Waals surface area contributed by atoms with Crippen LogP contribution < -0.4 is 10.5 Å². The van der Waals surface area contributed by atoms with Crippen LogP contribution in [-0.4, -0.2) is 7.11 Å². The highest BCUT2D eigenvalue weighted by atomic mass is 16.5. The molecule has 3 aromatic carbocycles. The first-order valence-corrected chi connectivity index (χ1v) is 6.67. The smallest absolute Gasteiger partial charge is 0.124 e. The molecule has 0 aromatic heterocycles. The molecule has 0 spiro atoms. The SMILES string of the molecule is COc1ccc2ccccc2c1C(N)c1ccccc1. The second-order valence-corrected chi connectivity index (χ2v) is 4.79. The van der Waals surface area contributed by atoms with E-state index in [4.69, 9.17) is 10.5 Å². The van der Waals surface area contributed by atoms with Gasteiger partial charge in [-0.2, -0.15) is 0 Å². The minimum atomic E-state index is -0.197.